The Balaban J connectivity index is 2.40. The van der Waals surface area contributed by atoms with Gasteiger partial charge in [0.1, 0.15) is 12.1 Å². The molecule has 0 spiro atoms. The molecule has 2 aromatic carbocycles. The van der Waals surface area contributed by atoms with Gasteiger partial charge in [-0.15, -0.1) is 0 Å². The number of carbonyl (C=O) groups excluding carboxylic acids is 1. The second-order valence-electron chi connectivity index (χ2n) is 6.62. The first-order chi connectivity index (χ1) is 15.6. The molecule has 0 bridgehead atoms. The fraction of sp³-hybridized carbons (Fsp3) is 0.381. The van der Waals surface area contributed by atoms with Crippen LogP contribution in [-0.2, 0) is 19.6 Å². The number of nitro groups is 1. The third-order valence-corrected chi connectivity index (χ3v) is 5.86. The number of benzene rings is 2. The van der Waals surface area contributed by atoms with E-state index < -0.39 is 33.1 Å². The molecule has 0 radical (unpaired) electrons. The van der Waals surface area contributed by atoms with E-state index >= 15 is 0 Å². The van der Waals surface area contributed by atoms with Gasteiger partial charge >= 0.3 is 5.97 Å². The van der Waals surface area contributed by atoms with Crippen LogP contribution in [0.15, 0.2) is 47.4 Å². The number of rotatable bonds is 12. The maximum absolute atomic E-state index is 12.8. The molecular weight excluding hydrogens is 456 g/mol. The summed E-state index contributed by atoms with van der Waals surface area (Å²) in [6, 6.07) is 6.86. The van der Waals surface area contributed by atoms with Crippen molar-refractivity contribution in [3.8, 4) is 11.5 Å². The number of nitrogens with one attached hydrogen (secondary N) is 1. The number of ether oxygens (including phenoxy) is 3. The van der Waals surface area contributed by atoms with Gasteiger partial charge in [-0.3, -0.25) is 14.9 Å². The molecule has 0 aromatic heterocycles. The molecular formula is C21H26N2O9S. The van der Waals surface area contributed by atoms with E-state index in [9.17, 15) is 28.4 Å². The van der Waals surface area contributed by atoms with Crippen molar-refractivity contribution in [1.82, 2.24) is 4.72 Å². The minimum Gasteiger partial charge on any atom is -0.490 e. The van der Waals surface area contributed by atoms with Crippen LogP contribution in [0.1, 0.15) is 32.4 Å². The smallest absolute Gasteiger partial charge is 0.327 e. The molecule has 33 heavy (non-hydrogen) atoms. The predicted octanol–water partition coefficient (Wildman–Crippen LogP) is 2.34. The second-order valence-corrected chi connectivity index (χ2v) is 8.33. The van der Waals surface area contributed by atoms with E-state index in [-0.39, 0.29) is 22.8 Å². The van der Waals surface area contributed by atoms with Crippen LogP contribution in [0.3, 0.4) is 0 Å². The molecule has 180 valence electrons. The summed E-state index contributed by atoms with van der Waals surface area (Å²) in [5, 5.41) is 21.7. The van der Waals surface area contributed by atoms with Gasteiger partial charge in [-0.25, -0.2) is 8.42 Å². The molecule has 12 heteroatoms. The third-order valence-electron chi connectivity index (χ3n) is 4.41. The number of sulfonamides is 1. The average Bonchev–Trinajstić information content (AvgIpc) is 2.78. The number of aliphatic hydroxyl groups excluding tert-OH is 1. The van der Waals surface area contributed by atoms with Gasteiger partial charge in [0, 0.05) is 12.1 Å². The summed E-state index contributed by atoms with van der Waals surface area (Å²) in [5.41, 5.74) is -0.111. The van der Waals surface area contributed by atoms with Gasteiger partial charge in [-0.1, -0.05) is 6.07 Å². The Morgan fingerprint density at radius 2 is 1.64 bits per heavy atom. The van der Waals surface area contributed by atoms with Gasteiger partial charge in [-0.05, 0) is 50.6 Å². The zero-order chi connectivity index (χ0) is 24.6. The minimum atomic E-state index is -4.34. The van der Waals surface area contributed by atoms with Crippen molar-refractivity contribution in [2.24, 2.45) is 0 Å². The van der Waals surface area contributed by atoms with Gasteiger partial charge in [-0.2, -0.15) is 4.72 Å². The number of nitrogens with zero attached hydrogens (tertiary/aromatic N) is 1. The van der Waals surface area contributed by atoms with Crippen LogP contribution in [0.2, 0.25) is 0 Å². The molecule has 0 amide bonds. The Morgan fingerprint density at radius 3 is 2.18 bits per heavy atom. The lowest BCUT2D eigenvalue weighted by molar-refractivity contribution is -0.384. The van der Waals surface area contributed by atoms with Gasteiger partial charge in [0.2, 0.25) is 10.0 Å². The summed E-state index contributed by atoms with van der Waals surface area (Å²) >= 11 is 0. The molecule has 11 nitrogen and oxygen atoms in total. The highest BCUT2D eigenvalue weighted by atomic mass is 32.2. The van der Waals surface area contributed by atoms with Crippen molar-refractivity contribution in [2.45, 2.75) is 37.8 Å². The SMILES string of the molecule is CCOC(=O)C(NS(=O)(=O)c1ccc([N+](=O)[O-])cc1)C(O)c1ccc(OCC)c(OCC)c1. The van der Waals surface area contributed by atoms with Crippen molar-refractivity contribution in [2.75, 3.05) is 19.8 Å². The van der Waals surface area contributed by atoms with Crippen molar-refractivity contribution in [3.05, 3.63) is 58.1 Å². The molecule has 2 rings (SSSR count). The number of nitro benzene ring substituents is 1. The first-order valence-corrected chi connectivity index (χ1v) is 11.6. The summed E-state index contributed by atoms with van der Waals surface area (Å²) in [6.07, 6.45) is -1.63. The molecule has 2 N–H and O–H groups in total. The van der Waals surface area contributed by atoms with Crippen molar-refractivity contribution >= 4 is 21.7 Å². The van der Waals surface area contributed by atoms with E-state index in [1.165, 1.54) is 19.1 Å². The lowest BCUT2D eigenvalue weighted by Gasteiger charge is -2.23. The number of carbonyl (C=O) groups is 1. The monoisotopic (exact) mass is 482 g/mol. The fourth-order valence-corrected chi connectivity index (χ4v) is 4.09. The standard InChI is InChI=1S/C21H26N2O9S/c1-4-30-17-12-7-14(13-18(17)31-5-2)20(24)19(21(25)32-6-3)22-33(28,29)16-10-8-15(9-11-16)23(26)27/h7-13,19-20,22,24H,4-6H2,1-3H3. The first kappa shape index (κ1) is 26.0. The van der Waals surface area contributed by atoms with E-state index in [2.05, 4.69) is 4.72 Å². The maximum atomic E-state index is 12.8. The lowest BCUT2D eigenvalue weighted by atomic mass is 10.0. The molecule has 2 aromatic rings. The molecule has 0 aliphatic heterocycles. The van der Waals surface area contributed by atoms with E-state index in [4.69, 9.17) is 14.2 Å². The van der Waals surface area contributed by atoms with Crippen molar-refractivity contribution in [3.63, 3.8) is 0 Å². The van der Waals surface area contributed by atoms with Crippen LogP contribution < -0.4 is 14.2 Å². The Labute approximate surface area is 191 Å². The highest BCUT2D eigenvalue weighted by molar-refractivity contribution is 7.89. The Hall–Kier alpha value is -3.22. The number of esters is 1. The number of hydrogen-bond acceptors (Lipinski definition) is 9. The van der Waals surface area contributed by atoms with Crippen LogP contribution in [0.4, 0.5) is 5.69 Å². The van der Waals surface area contributed by atoms with Gasteiger partial charge in [0.05, 0.1) is 29.6 Å². The van der Waals surface area contributed by atoms with Crippen molar-refractivity contribution < 1.29 is 37.5 Å². The quantitative estimate of drug-likeness (QED) is 0.263. The highest BCUT2D eigenvalue weighted by Crippen LogP contribution is 2.32. The zero-order valence-electron chi connectivity index (χ0n) is 18.4. The normalized spacial score (nSPS) is 13.1. The number of non-ortho nitro benzene ring substituents is 1. The van der Waals surface area contributed by atoms with Crippen molar-refractivity contribution in [1.29, 1.82) is 0 Å². The lowest BCUT2D eigenvalue weighted by Crippen LogP contribution is -2.45. The molecule has 0 heterocycles. The average molecular weight is 483 g/mol. The summed E-state index contributed by atoms with van der Waals surface area (Å²) in [6.45, 7) is 5.74. The summed E-state index contributed by atoms with van der Waals surface area (Å²) in [7, 11) is -4.34. The molecule has 2 unspecified atom stereocenters. The summed E-state index contributed by atoms with van der Waals surface area (Å²) < 4.78 is 43.8. The third kappa shape index (κ3) is 6.63. The molecule has 0 aliphatic carbocycles. The zero-order valence-corrected chi connectivity index (χ0v) is 19.2. The molecule has 0 saturated heterocycles. The Morgan fingerprint density at radius 1 is 1.03 bits per heavy atom. The van der Waals surface area contributed by atoms with Crippen LogP contribution >= 0.6 is 0 Å². The van der Waals surface area contributed by atoms with E-state index in [1.54, 1.807) is 19.9 Å². The van der Waals surface area contributed by atoms with Gasteiger partial charge in [0.15, 0.2) is 11.5 Å². The van der Waals surface area contributed by atoms with Crippen LogP contribution in [0.25, 0.3) is 0 Å². The minimum absolute atomic E-state index is 0.0468. The number of aliphatic hydroxyl groups is 1. The fourth-order valence-electron chi connectivity index (χ4n) is 2.90. The van der Waals surface area contributed by atoms with Gasteiger partial charge in [0.25, 0.3) is 5.69 Å². The van der Waals surface area contributed by atoms with Crippen LogP contribution in [0.5, 0.6) is 11.5 Å². The van der Waals surface area contributed by atoms with E-state index in [0.29, 0.717) is 24.7 Å². The molecule has 0 fully saturated rings. The molecule has 2 atom stereocenters. The Kier molecular flexibility index (Phi) is 9.14. The summed E-state index contributed by atoms with van der Waals surface area (Å²) in [5.74, 6) is -0.256. The van der Waals surface area contributed by atoms with E-state index in [0.717, 1.165) is 24.3 Å². The summed E-state index contributed by atoms with van der Waals surface area (Å²) in [4.78, 5) is 22.4. The van der Waals surface area contributed by atoms with Crippen LogP contribution in [-0.4, -0.2) is 50.3 Å². The largest absolute Gasteiger partial charge is 0.490 e. The highest BCUT2D eigenvalue weighted by Gasteiger charge is 2.34. The van der Waals surface area contributed by atoms with Gasteiger partial charge < -0.3 is 19.3 Å². The predicted molar refractivity (Wildman–Crippen MR) is 118 cm³/mol. The number of hydrogen-bond donors (Lipinski definition) is 2. The van der Waals surface area contributed by atoms with Crippen LogP contribution in [0, 0.1) is 10.1 Å². The second kappa shape index (κ2) is 11.6. The first-order valence-electron chi connectivity index (χ1n) is 10.2. The van der Waals surface area contributed by atoms with E-state index in [1.807, 2.05) is 0 Å². The molecule has 0 saturated carbocycles. The Bertz CT molecular complexity index is 1070. The topological polar surface area (TPSA) is 154 Å². The maximum Gasteiger partial charge on any atom is 0.327 e. The molecule has 0 aliphatic rings.